The highest BCUT2D eigenvalue weighted by atomic mass is 16.7. The van der Waals surface area contributed by atoms with Gasteiger partial charge in [-0.15, -0.1) is 0 Å². The van der Waals surface area contributed by atoms with Crippen LogP contribution < -0.4 is 5.73 Å². The summed E-state index contributed by atoms with van der Waals surface area (Å²) in [5.74, 6) is 0. The van der Waals surface area contributed by atoms with E-state index in [0.717, 1.165) is 16.7 Å². The number of aliphatic hydroxyl groups is 1. The second-order valence-corrected chi connectivity index (χ2v) is 8.12. The number of nitrogens with two attached hydrogens (primary N) is 1. The molecule has 3 aromatic rings. The van der Waals surface area contributed by atoms with Gasteiger partial charge in [-0.25, -0.2) is 0 Å². The van der Waals surface area contributed by atoms with E-state index in [-0.39, 0.29) is 6.61 Å². The summed E-state index contributed by atoms with van der Waals surface area (Å²) in [6.07, 6.45) is -2.44. The molecule has 33 heavy (non-hydrogen) atoms. The topological polar surface area (TPSA) is 83.2 Å². The molecule has 5 unspecified atom stereocenters. The highest BCUT2D eigenvalue weighted by Crippen LogP contribution is 2.28. The molecule has 0 spiro atoms. The van der Waals surface area contributed by atoms with E-state index in [1.54, 1.807) is 0 Å². The zero-order valence-corrected chi connectivity index (χ0v) is 18.5. The number of hydrogen-bond acceptors (Lipinski definition) is 6. The average molecular weight is 450 g/mol. The van der Waals surface area contributed by atoms with Crippen LogP contribution in [0.4, 0.5) is 0 Å². The van der Waals surface area contributed by atoms with Crippen LogP contribution in [0.1, 0.15) is 16.7 Å². The molecule has 0 aromatic heterocycles. The van der Waals surface area contributed by atoms with Crippen LogP contribution in [-0.4, -0.2) is 42.4 Å². The molecular formula is C27H31NO5. The molecule has 0 amide bonds. The fourth-order valence-electron chi connectivity index (χ4n) is 3.92. The molecule has 4 rings (SSSR count). The first-order chi connectivity index (χ1) is 16.2. The molecule has 1 heterocycles. The van der Waals surface area contributed by atoms with Crippen LogP contribution in [0, 0.1) is 0 Å². The quantitative estimate of drug-likeness (QED) is 0.494. The molecule has 0 radical (unpaired) electrons. The second-order valence-electron chi connectivity index (χ2n) is 8.12. The molecule has 1 saturated heterocycles. The van der Waals surface area contributed by atoms with E-state index < -0.39 is 30.6 Å². The van der Waals surface area contributed by atoms with E-state index >= 15 is 0 Å². The van der Waals surface area contributed by atoms with Crippen molar-refractivity contribution in [2.75, 3.05) is 6.61 Å². The third-order valence-corrected chi connectivity index (χ3v) is 5.70. The number of hydrogen-bond donors (Lipinski definition) is 2. The maximum Gasteiger partial charge on any atom is 0.176 e. The van der Waals surface area contributed by atoms with Crippen molar-refractivity contribution in [3.8, 4) is 0 Å². The van der Waals surface area contributed by atoms with Gasteiger partial charge in [0.05, 0.1) is 32.5 Å². The van der Waals surface area contributed by atoms with Crippen LogP contribution in [0.3, 0.4) is 0 Å². The maximum absolute atomic E-state index is 10.1. The van der Waals surface area contributed by atoms with Crippen molar-refractivity contribution < 1.29 is 24.1 Å². The molecule has 0 aliphatic carbocycles. The molecule has 3 N–H and O–H groups in total. The van der Waals surface area contributed by atoms with Gasteiger partial charge in [0.2, 0.25) is 0 Å². The van der Waals surface area contributed by atoms with Gasteiger partial charge >= 0.3 is 0 Å². The monoisotopic (exact) mass is 449 g/mol. The van der Waals surface area contributed by atoms with Crippen molar-refractivity contribution in [2.24, 2.45) is 5.73 Å². The molecule has 1 aliphatic heterocycles. The van der Waals surface area contributed by atoms with Crippen LogP contribution >= 0.6 is 0 Å². The first-order valence-corrected chi connectivity index (χ1v) is 11.2. The molecule has 5 atom stereocenters. The first kappa shape index (κ1) is 23.6. The van der Waals surface area contributed by atoms with Gasteiger partial charge < -0.3 is 29.8 Å². The Morgan fingerprint density at radius 3 is 1.52 bits per heavy atom. The van der Waals surface area contributed by atoms with E-state index in [9.17, 15) is 5.11 Å². The third-order valence-electron chi connectivity index (χ3n) is 5.70. The van der Waals surface area contributed by atoms with Gasteiger partial charge in [0.25, 0.3) is 0 Å². The molecule has 6 heteroatoms. The maximum atomic E-state index is 10.1. The van der Waals surface area contributed by atoms with Crippen LogP contribution in [0.5, 0.6) is 0 Å². The molecule has 6 nitrogen and oxygen atoms in total. The Labute approximate surface area is 194 Å². The van der Waals surface area contributed by atoms with Crippen LogP contribution in [-0.2, 0) is 38.8 Å². The number of aliphatic hydroxyl groups excluding tert-OH is 1. The lowest BCUT2D eigenvalue weighted by atomic mass is 9.96. The second kappa shape index (κ2) is 12.0. The van der Waals surface area contributed by atoms with Crippen LogP contribution in [0.15, 0.2) is 91.0 Å². The lowest BCUT2D eigenvalue weighted by Gasteiger charge is -2.44. The normalized spacial score (nSPS) is 25.1. The predicted octanol–water partition coefficient (Wildman–Crippen LogP) is 3.42. The van der Waals surface area contributed by atoms with Crippen molar-refractivity contribution in [1.82, 2.24) is 0 Å². The average Bonchev–Trinajstić information content (AvgIpc) is 2.88. The van der Waals surface area contributed by atoms with E-state index in [2.05, 4.69) is 0 Å². The smallest absolute Gasteiger partial charge is 0.176 e. The lowest BCUT2D eigenvalue weighted by molar-refractivity contribution is -0.286. The van der Waals surface area contributed by atoms with Gasteiger partial charge in [-0.1, -0.05) is 91.0 Å². The molecule has 3 aromatic carbocycles. The lowest BCUT2D eigenvalue weighted by Crippen LogP contribution is -2.64. The fraction of sp³-hybridized carbons (Fsp3) is 0.333. The Morgan fingerprint density at radius 1 is 0.636 bits per heavy atom. The molecule has 1 aliphatic rings. The van der Waals surface area contributed by atoms with Gasteiger partial charge in [-0.05, 0) is 16.7 Å². The SMILES string of the molecule is NC1C(OCc2ccccc2)OC(CO)C(OCc2ccccc2)C1OCc1ccccc1. The summed E-state index contributed by atoms with van der Waals surface area (Å²) >= 11 is 0. The first-order valence-electron chi connectivity index (χ1n) is 11.2. The zero-order chi connectivity index (χ0) is 22.9. The molecular weight excluding hydrogens is 418 g/mol. The van der Waals surface area contributed by atoms with Gasteiger partial charge in [0, 0.05) is 0 Å². The van der Waals surface area contributed by atoms with Gasteiger partial charge in [0.15, 0.2) is 6.29 Å². The number of ether oxygens (including phenoxy) is 4. The molecule has 1 fully saturated rings. The van der Waals surface area contributed by atoms with E-state index in [1.807, 2.05) is 91.0 Å². The van der Waals surface area contributed by atoms with Gasteiger partial charge in [-0.2, -0.15) is 0 Å². The van der Waals surface area contributed by atoms with Crippen molar-refractivity contribution in [2.45, 2.75) is 50.5 Å². The van der Waals surface area contributed by atoms with Gasteiger partial charge in [0.1, 0.15) is 18.3 Å². The number of benzene rings is 3. The van der Waals surface area contributed by atoms with Crippen molar-refractivity contribution >= 4 is 0 Å². The Kier molecular flexibility index (Phi) is 8.60. The van der Waals surface area contributed by atoms with Crippen LogP contribution in [0.25, 0.3) is 0 Å². The Hall–Kier alpha value is -2.58. The Bertz CT molecular complexity index is 941. The molecule has 0 saturated carbocycles. The number of rotatable bonds is 10. The minimum Gasteiger partial charge on any atom is -0.394 e. The summed E-state index contributed by atoms with van der Waals surface area (Å²) in [5.41, 5.74) is 9.65. The summed E-state index contributed by atoms with van der Waals surface area (Å²) in [6.45, 7) is 0.841. The summed E-state index contributed by atoms with van der Waals surface area (Å²) in [6, 6.07) is 29.0. The summed E-state index contributed by atoms with van der Waals surface area (Å²) < 4.78 is 24.5. The zero-order valence-electron chi connectivity index (χ0n) is 18.5. The molecule has 0 bridgehead atoms. The Balaban J connectivity index is 1.48. The summed E-state index contributed by atoms with van der Waals surface area (Å²) in [4.78, 5) is 0. The summed E-state index contributed by atoms with van der Waals surface area (Å²) in [5, 5.41) is 10.1. The predicted molar refractivity (Wildman–Crippen MR) is 125 cm³/mol. The minimum absolute atomic E-state index is 0.234. The van der Waals surface area contributed by atoms with Crippen LogP contribution in [0.2, 0.25) is 0 Å². The third kappa shape index (κ3) is 6.48. The van der Waals surface area contributed by atoms with Gasteiger partial charge in [-0.3, -0.25) is 0 Å². The van der Waals surface area contributed by atoms with Crippen molar-refractivity contribution in [1.29, 1.82) is 0 Å². The van der Waals surface area contributed by atoms with E-state index in [4.69, 9.17) is 24.7 Å². The Morgan fingerprint density at radius 2 is 1.06 bits per heavy atom. The largest absolute Gasteiger partial charge is 0.394 e. The molecule has 174 valence electrons. The highest BCUT2D eigenvalue weighted by molar-refractivity contribution is 5.15. The van der Waals surface area contributed by atoms with E-state index in [1.165, 1.54) is 0 Å². The van der Waals surface area contributed by atoms with Crippen molar-refractivity contribution in [3.05, 3.63) is 108 Å². The van der Waals surface area contributed by atoms with E-state index in [0.29, 0.717) is 19.8 Å². The fourth-order valence-corrected chi connectivity index (χ4v) is 3.92. The summed E-state index contributed by atoms with van der Waals surface area (Å²) in [7, 11) is 0. The minimum atomic E-state index is -0.736. The highest BCUT2D eigenvalue weighted by Gasteiger charge is 2.46. The van der Waals surface area contributed by atoms with Crippen molar-refractivity contribution in [3.63, 3.8) is 0 Å². The standard InChI is InChI=1S/C27H31NO5/c28-24-26(31-18-21-12-6-2-7-13-21)25(30-17-20-10-4-1-5-11-20)23(16-29)33-27(24)32-19-22-14-8-3-9-15-22/h1-15,23-27,29H,16-19,28H2.